The van der Waals surface area contributed by atoms with Gasteiger partial charge >= 0.3 is 5.97 Å². The van der Waals surface area contributed by atoms with Crippen LogP contribution in [0.2, 0.25) is 0 Å². The molecule has 0 heterocycles. The second kappa shape index (κ2) is 6.18. The average Bonchev–Trinajstić information content (AvgIpc) is 2.38. The largest absolute Gasteiger partial charge is 0.480 e. The van der Waals surface area contributed by atoms with Gasteiger partial charge in [0.2, 0.25) is 5.91 Å². The maximum Gasteiger partial charge on any atom is 0.329 e. The van der Waals surface area contributed by atoms with E-state index in [1.165, 1.54) is 0 Å². The minimum atomic E-state index is -1.17. The Labute approximate surface area is 108 Å². The van der Waals surface area contributed by atoms with Gasteiger partial charge in [0.15, 0.2) is 0 Å². The number of carbonyl (C=O) groups excluding carboxylic acids is 1. The molecule has 0 aromatic heterocycles. The van der Waals surface area contributed by atoms with Crippen LogP contribution < -0.4 is 11.1 Å². The zero-order chi connectivity index (χ0) is 13.8. The van der Waals surface area contributed by atoms with Gasteiger partial charge in [-0.05, 0) is 38.6 Å². The van der Waals surface area contributed by atoms with Crippen molar-refractivity contribution in [3.63, 3.8) is 0 Å². The Bertz CT molecular complexity index is 319. The van der Waals surface area contributed by atoms with Gasteiger partial charge in [-0.2, -0.15) is 0 Å². The molecule has 5 heteroatoms. The minimum Gasteiger partial charge on any atom is -0.480 e. The van der Waals surface area contributed by atoms with E-state index in [1.807, 2.05) is 0 Å². The lowest BCUT2D eigenvalue weighted by atomic mass is 9.78. The third-order valence-corrected chi connectivity index (χ3v) is 4.13. The molecule has 0 saturated heterocycles. The topological polar surface area (TPSA) is 92.4 Å². The smallest absolute Gasteiger partial charge is 0.329 e. The molecule has 1 rings (SSSR count). The summed E-state index contributed by atoms with van der Waals surface area (Å²) in [5, 5.41) is 11.8. The molecular weight excluding hydrogens is 232 g/mol. The van der Waals surface area contributed by atoms with Crippen LogP contribution >= 0.6 is 0 Å². The lowest BCUT2D eigenvalue weighted by Crippen LogP contribution is -2.54. The van der Waals surface area contributed by atoms with Gasteiger partial charge in [0.05, 0.1) is 0 Å². The second-order valence-corrected chi connectivity index (χ2v) is 5.37. The second-order valence-electron chi connectivity index (χ2n) is 5.37. The summed E-state index contributed by atoms with van der Waals surface area (Å²) >= 11 is 0. The number of nitrogens with one attached hydrogen (secondary N) is 1. The monoisotopic (exact) mass is 256 g/mol. The molecule has 0 aromatic rings. The Morgan fingerprint density at radius 2 is 2.00 bits per heavy atom. The molecule has 1 aliphatic carbocycles. The average molecular weight is 256 g/mol. The quantitative estimate of drug-likeness (QED) is 0.687. The van der Waals surface area contributed by atoms with Crippen LogP contribution in [0.4, 0.5) is 0 Å². The van der Waals surface area contributed by atoms with Crippen molar-refractivity contribution < 1.29 is 14.7 Å². The summed E-state index contributed by atoms with van der Waals surface area (Å²) in [4.78, 5) is 23.4. The molecule has 3 atom stereocenters. The summed E-state index contributed by atoms with van der Waals surface area (Å²) in [6.07, 6.45) is 4.27. The van der Waals surface area contributed by atoms with Crippen molar-refractivity contribution in [3.8, 4) is 0 Å². The number of hydrogen-bond acceptors (Lipinski definition) is 3. The standard InChI is InChI=1S/C13H24N2O3/c1-3-13(2,12(17)18)15-11(16)10-7-5-4-6-9(10)8-14/h9-10H,3-8,14H2,1-2H3,(H,15,16)(H,17,18). The van der Waals surface area contributed by atoms with Crippen molar-refractivity contribution in [1.82, 2.24) is 5.32 Å². The van der Waals surface area contributed by atoms with E-state index in [4.69, 9.17) is 10.8 Å². The van der Waals surface area contributed by atoms with Gasteiger partial charge < -0.3 is 16.2 Å². The van der Waals surface area contributed by atoms with Gasteiger partial charge in [0.1, 0.15) is 5.54 Å². The number of carboxylic acids is 1. The number of carboxylic acid groups (broad SMARTS) is 1. The van der Waals surface area contributed by atoms with Crippen molar-refractivity contribution >= 4 is 11.9 Å². The summed E-state index contributed by atoms with van der Waals surface area (Å²) in [6.45, 7) is 3.80. The molecule has 0 spiro atoms. The van der Waals surface area contributed by atoms with E-state index in [9.17, 15) is 9.59 Å². The molecule has 0 aliphatic heterocycles. The Hall–Kier alpha value is -1.10. The van der Waals surface area contributed by atoms with Crippen LogP contribution in [0.25, 0.3) is 0 Å². The summed E-state index contributed by atoms with van der Waals surface area (Å²) in [7, 11) is 0. The van der Waals surface area contributed by atoms with E-state index in [0.717, 1.165) is 25.7 Å². The lowest BCUT2D eigenvalue weighted by Gasteiger charge is -2.33. The minimum absolute atomic E-state index is 0.131. The highest BCUT2D eigenvalue weighted by atomic mass is 16.4. The molecule has 104 valence electrons. The van der Waals surface area contributed by atoms with Crippen LogP contribution in [-0.2, 0) is 9.59 Å². The molecule has 1 amide bonds. The molecule has 0 radical (unpaired) electrons. The van der Waals surface area contributed by atoms with Crippen LogP contribution in [0.5, 0.6) is 0 Å². The first-order valence-corrected chi connectivity index (χ1v) is 6.70. The number of aliphatic carboxylic acids is 1. The first-order chi connectivity index (χ1) is 8.44. The Kier molecular flexibility index (Phi) is 5.14. The Balaban J connectivity index is 2.71. The molecule has 3 unspecified atom stereocenters. The first kappa shape index (κ1) is 15.0. The molecule has 5 nitrogen and oxygen atoms in total. The molecule has 18 heavy (non-hydrogen) atoms. The zero-order valence-corrected chi connectivity index (χ0v) is 11.2. The van der Waals surface area contributed by atoms with Crippen molar-refractivity contribution in [2.24, 2.45) is 17.6 Å². The molecular formula is C13H24N2O3. The van der Waals surface area contributed by atoms with E-state index in [2.05, 4.69) is 5.32 Å². The van der Waals surface area contributed by atoms with E-state index >= 15 is 0 Å². The molecule has 1 aliphatic rings. The normalized spacial score (nSPS) is 27.3. The van der Waals surface area contributed by atoms with Gasteiger partial charge in [-0.1, -0.05) is 19.8 Å². The van der Waals surface area contributed by atoms with Crippen molar-refractivity contribution in [3.05, 3.63) is 0 Å². The highest BCUT2D eigenvalue weighted by Gasteiger charge is 2.37. The summed E-state index contributed by atoms with van der Waals surface area (Å²) in [5.74, 6) is -1.09. The third-order valence-electron chi connectivity index (χ3n) is 4.13. The maximum atomic E-state index is 12.2. The van der Waals surface area contributed by atoms with Gasteiger partial charge in [0, 0.05) is 5.92 Å². The molecule has 1 saturated carbocycles. The third kappa shape index (κ3) is 3.22. The van der Waals surface area contributed by atoms with Crippen molar-refractivity contribution in [2.45, 2.75) is 51.5 Å². The summed E-state index contributed by atoms with van der Waals surface area (Å²) in [6, 6.07) is 0. The number of hydrogen-bond donors (Lipinski definition) is 3. The lowest BCUT2D eigenvalue weighted by molar-refractivity contribution is -0.148. The Morgan fingerprint density at radius 3 is 2.50 bits per heavy atom. The number of nitrogens with two attached hydrogens (primary N) is 1. The maximum absolute atomic E-state index is 12.2. The van der Waals surface area contributed by atoms with Crippen molar-refractivity contribution in [2.75, 3.05) is 6.54 Å². The van der Waals surface area contributed by atoms with E-state index in [0.29, 0.717) is 13.0 Å². The first-order valence-electron chi connectivity index (χ1n) is 6.70. The van der Waals surface area contributed by atoms with E-state index < -0.39 is 11.5 Å². The van der Waals surface area contributed by atoms with E-state index in [1.54, 1.807) is 13.8 Å². The van der Waals surface area contributed by atoms with Crippen LogP contribution in [0, 0.1) is 11.8 Å². The van der Waals surface area contributed by atoms with E-state index in [-0.39, 0.29) is 17.7 Å². The van der Waals surface area contributed by atoms with Gasteiger partial charge in [-0.3, -0.25) is 4.79 Å². The summed E-state index contributed by atoms with van der Waals surface area (Å²) in [5.41, 5.74) is 4.52. The zero-order valence-electron chi connectivity index (χ0n) is 11.2. The van der Waals surface area contributed by atoms with Crippen LogP contribution in [0.1, 0.15) is 46.0 Å². The Morgan fingerprint density at radius 1 is 1.39 bits per heavy atom. The predicted octanol–water partition coefficient (Wildman–Crippen LogP) is 1.12. The number of amides is 1. The molecule has 1 fully saturated rings. The fourth-order valence-corrected chi connectivity index (χ4v) is 2.49. The SMILES string of the molecule is CCC(C)(NC(=O)C1CCCCC1CN)C(=O)O. The summed E-state index contributed by atoms with van der Waals surface area (Å²) < 4.78 is 0. The fraction of sp³-hybridized carbons (Fsp3) is 0.846. The number of carbonyl (C=O) groups is 2. The number of rotatable bonds is 5. The fourth-order valence-electron chi connectivity index (χ4n) is 2.49. The van der Waals surface area contributed by atoms with Gasteiger partial charge in [0.25, 0.3) is 0 Å². The van der Waals surface area contributed by atoms with Gasteiger partial charge in [-0.15, -0.1) is 0 Å². The predicted molar refractivity (Wildman–Crippen MR) is 69.0 cm³/mol. The van der Waals surface area contributed by atoms with Crippen LogP contribution in [0.15, 0.2) is 0 Å². The van der Waals surface area contributed by atoms with Gasteiger partial charge in [-0.25, -0.2) is 4.79 Å². The molecule has 0 aromatic carbocycles. The molecule has 0 bridgehead atoms. The van der Waals surface area contributed by atoms with Crippen molar-refractivity contribution in [1.29, 1.82) is 0 Å². The van der Waals surface area contributed by atoms with Crippen LogP contribution in [0.3, 0.4) is 0 Å². The highest BCUT2D eigenvalue weighted by Crippen LogP contribution is 2.30. The molecule has 4 N–H and O–H groups in total. The highest BCUT2D eigenvalue weighted by molar-refractivity contribution is 5.87. The van der Waals surface area contributed by atoms with Crippen LogP contribution in [-0.4, -0.2) is 29.1 Å².